The molecule has 2 aromatic heterocycles. The zero-order valence-corrected chi connectivity index (χ0v) is 19.6. The van der Waals surface area contributed by atoms with Gasteiger partial charge in [-0.1, -0.05) is 19.1 Å². The van der Waals surface area contributed by atoms with Crippen LogP contribution in [0.3, 0.4) is 0 Å². The number of hydrogen-bond acceptors (Lipinski definition) is 6. The van der Waals surface area contributed by atoms with E-state index >= 15 is 0 Å². The number of ether oxygens (including phenoxy) is 1. The molecule has 0 unspecified atom stereocenters. The van der Waals surface area contributed by atoms with Crippen molar-refractivity contribution < 1.29 is 17.9 Å². The molecule has 0 bridgehead atoms. The maximum atomic E-state index is 13.2. The van der Waals surface area contributed by atoms with E-state index in [9.17, 15) is 13.2 Å². The van der Waals surface area contributed by atoms with Crippen molar-refractivity contribution in [3.8, 4) is 5.75 Å². The Labute approximate surface area is 201 Å². The monoisotopic (exact) mass is 487 g/mol. The molecular weight excluding hydrogens is 459 g/mol. The number of piperidine rings is 1. The van der Waals surface area contributed by atoms with Gasteiger partial charge < -0.3 is 14.2 Å². The van der Waals surface area contributed by atoms with Crippen LogP contribution in [-0.2, 0) is 25.6 Å². The second-order valence-electron chi connectivity index (χ2n) is 8.83. The molecule has 1 saturated heterocycles. The first-order valence-electron chi connectivity index (χ1n) is 12.0. The molecule has 0 saturated carbocycles. The summed E-state index contributed by atoms with van der Waals surface area (Å²) in [7, 11) is 0. The molecule has 11 heteroatoms. The molecule has 3 aromatic rings. The van der Waals surface area contributed by atoms with Crippen LogP contribution in [0.4, 0.5) is 13.2 Å². The van der Waals surface area contributed by atoms with Crippen LogP contribution in [0.5, 0.6) is 5.75 Å². The summed E-state index contributed by atoms with van der Waals surface area (Å²) in [6.45, 7) is 4.93. The van der Waals surface area contributed by atoms with Crippen LogP contribution >= 0.6 is 0 Å². The first kappa shape index (κ1) is 23.4. The lowest BCUT2D eigenvalue weighted by atomic mass is 9.89. The van der Waals surface area contributed by atoms with Crippen molar-refractivity contribution in [2.75, 3.05) is 19.7 Å². The number of hydrogen-bond donors (Lipinski definition) is 0. The van der Waals surface area contributed by atoms with Gasteiger partial charge in [0.2, 0.25) is 0 Å². The summed E-state index contributed by atoms with van der Waals surface area (Å²) in [5.41, 5.74) is 1.26. The molecule has 4 heterocycles. The molecule has 0 spiro atoms. The summed E-state index contributed by atoms with van der Waals surface area (Å²) >= 11 is 0. The number of aromatic nitrogens is 5. The van der Waals surface area contributed by atoms with Crippen LogP contribution in [-0.4, -0.2) is 54.9 Å². The van der Waals surface area contributed by atoms with Gasteiger partial charge in [-0.25, -0.2) is 4.98 Å². The minimum absolute atomic E-state index is 0.258. The van der Waals surface area contributed by atoms with Crippen LogP contribution in [0.1, 0.15) is 55.1 Å². The Morgan fingerprint density at radius 1 is 1.06 bits per heavy atom. The summed E-state index contributed by atoms with van der Waals surface area (Å²) in [4.78, 5) is 6.42. The molecule has 8 nitrogen and oxygen atoms in total. The van der Waals surface area contributed by atoms with Crippen molar-refractivity contribution in [2.45, 2.75) is 57.7 Å². The van der Waals surface area contributed by atoms with Crippen LogP contribution in [0.15, 0.2) is 41.8 Å². The molecule has 2 aliphatic heterocycles. The molecule has 1 aromatic carbocycles. The molecular formula is C24H28F3N7O. The number of rotatable bonds is 6. The fourth-order valence-electron chi connectivity index (χ4n) is 4.79. The second kappa shape index (κ2) is 9.71. The predicted octanol–water partition coefficient (Wildman–Crippen LogP) is 4.12. The lowest BCUT2D eigenvalue weighted by molar-refractivity contribution is -0.147. The van der Waals surface area contributed by atoms with Gasteiger partial charge in [-0.2, -0.15) is 22.9 Å². The highest BCUT2D eigenvalue weighted by Gasteiger charge is 2.40. The number of nitrogens with zero attached hydrogens (tertiary/aromatic N) is 7. The Hall–Kier alpha value is -3.37. The molecule has 35 heavy (non-hydrogen) atoms. The normalized spacial score (nSPS) is 16.8. The molecule has 0 radical (unpaired) electrons. The molecule has 0 amide bonds. The fourth-order valence-corrected chi connectivity index (χ4v) is 4.79. The van der Waals surface area contributed by atoms with E-state index in [0.29, 0.717) is 31.2 Å². The van der Waals surface area contributed by atoms with Crippen molar-refractivity contribution >= 4 is 5.84 Å². The van der Waals surface area contributed by atoms with E-state index in [4.69, 9.17) is 4.74 Å². The van der Waals surface area contributed by atoms with Crippen LogP contribution in [0.2, 0.25) is 0 Å². The van der Waals surface area contributed by atoms with Gasteiger partial charge in [0.1, 0.15) is 24.0 Å². The van der Waals surface area contributed by atoms with Gasteiger partial charge in [0.15, 0.2) is 5.82 Å². The van der Waals surface area contributed by atoms with Gasteiger partial charge in [0.05, 0.1) is 6.54 Å². The van der Waals surface area contributed by atoms with E-state index in [2.05, 4.69) is 48.8 Å². The van der Waals surface area contributed by atoms with Crippen molar-refractivity contribution in [3.05, 3.63) is 59.7 Å². The molecule has 1 fully saturated rings. The van der Waals surface area contributed by atoms with Crippen molar-refractivity contribution in [2.24, 2.45) is 5.10 Å². The van der Waals surface area contributed by atoms with Crippen LogP contribution in [0.25, 0.3) is 0 Å². The van der Waals surface area contributed by atoms with Crippen molar-refractivity contribution in [1.82, 2.24) is 29.3 Å². The Balaban J connectivity index is 1.15. The Kier molecular flexibility index (Phi) is 6.48. The standard InChI is InChI=1S/C24H28F3N7O/c1-2-20-28-11-14-33(20)15-16-35-19-5-3-17(4-6-19)18-9-12-32(13-10-18)22-8-7-21-29-30-23(24(25,26)27)34(21)31-22/h3-6,11,14,18H,2,7-10,12-13,15-16H2,1H3. The highest BCUT2D eigenvalue weighted by Crippen LogP contribution is 2.32. The number of fused-ring (bicyclic) bond motifs is 1. The highest BCUT2D eigenvalue weighted by atomic mass is 19.4. The van der Waals surface area contributed by atoms with Crippen molar-refractivity contribution in [3.63, 3.8) is 0 Å². The minimum Gasteiger partial charge on any atom is -0.492 e. The third kappa shape index (κ3) is 5.03. The van der Waals surface area contributed by atoms with Gasteiger partial charge in [-0.05, 0) is 36.5 Å². The highest BCUT2D eigenvalue weighted by molar-refractivity contribution is 5.83. The number of benzene rings is 1. The Bertz CT molecular complexity index is 1170. The smallest absolute Gasteiger partial charge is 0.453 e. The molecule has 0 atom stereocenters. The maximum absolute atomic E-state index is 13.2. The first-order chi connectivity index (χ1) is 16.9. The zero-order valence-electron chi connectivity index (χ0n) is 19.6. The zero-order chi connectivity index (χ0) is 24.4. The van der Waals surface area contributed by atoms with Gasteiger partial charge in [0, 0.05) is 44.7 Å². The minimum atomic E-state index is -4.57. The molecule has 0 N–H and O–H groups in total. The van der Waals surface area contributed by atoms with E-state index in [1.165, 1.54) is 5.56 Å². The second-order valence-corrected chi connectivity index (χ2v) is 8.83. The fraction of sp³-hybridized carbons (Fsp3) is 0.500. The average Bonchev–Trinajstić information content (AvgIpc) is 3.51. The number of aryl methyl sites for hydroxylation is 2. The number of alkyl halides is 3. The SMILES string of the molecule is CCc1nccn1CCOc1ccc(C2CCN(C3=Nn4c(nnc4C(F)(F)F)CC3)CC2)cc1. The van der Waals surface area contributed by atoms with Crippen LogP contribution in [0, 0.1) is 0 Å². The van der Waals surface area contributed by atoms with Crippen molar-refractivity contribution in [1.29, 1.82) is 0 Å². The Morgan fingerprint density at radius 3 is 2.54 bits per heavy atom. The molecule has 0 aliphatic carbocycles. The molecule has 5 rings (SSSR count). The van der Waals surface area contributed by atoms with Gasteiger partial charge in [-0.15, -0.1) is 10.2 Å². The van der Waals surface area contributed by atoms with Gasteiger partial charge >= 0.3 is 6.18 Å². The maximum Gasteiger partial charge on any atom is 0.453 e. The third-order valence-corrected chi connectivity index (χ3v) is 6.68. The lowest BCUT2D eigenvalue weighted by Crippen LogP contribution is -2.40. The summed E-state index contributed by atoms with van der Waals surface area (Å²) in [5.74, 6) is 2.17. The van der Waals surface area contributed by atoms with Gasteiger partial charge in [-0.3, -0.25) is 0 Å². The average molecular weight is 488 g/mol. The summed E-state index contributed by atoms with van der Waals surface area (Å²) in [6.07, 6.45) is 2.92. The molecule has 186 valence electrons. The topological polar surface area (TPSA) is 73.4 Å². The van der Waals surface area contributed by atoms with E-state index in [1.807, 2.05) is 24.5 Å². The lowest BCUT2D eigenvalue weighted by Gasteiger charge is -2.35. The summed E-state index contributed by atoms with van der Waals surface area (Å²) in [5, 5.41) is 11.2. The van der Waals surface area contributed by atoms with Gasteiger partial charge in [0.25, 0.3) is 5.82 Å². The van der Waals surface area contributed by atoms with E-state index in [1.54, 1.807) is 0 Å². The number of imidazole rings is 1. The summed E-state index contributed by atoms with van der Waals surface area (Å²) in [6, 6.07) is 8.24. The molecule has 2 aliphatic rings. The first-order valence-corrected chi connectivity index (χ1v) is 12.0. The number of halogens is 3. The van der Waals surface area contributed by atoms with E-state index in [-0.39, 0.29) is 5.82 Å². The number of amidine groups is 1. The quantitative estimate of drug-likeness (QED) is 0.523. The number of likely N-dealkylation sites (tertiary alicyclic amines) is 1. The summed E-state index contributed by atoms with van der Waals surface area (Å²) < 4.78 is 48.4. The van der Waals surface area contributed by atoms with E-state index < -0.39 is 12.0 Å². The van der Waals surface area contributed by atoms with Crippen LogP contribution < -0.4 is 4.74 Å². The Morgan fingerprint density at radius 2 is 1.83 bits per heavy atom. The third-order valence-electron chi connectivity index (χ3n) is 6.68. The van der Waals surface area contributed by atoms with E-state index in [0.717, 1.165) is 55.1 Å². The predicted molar refractivity (Wildman–Crippen MR) is 123 cm³/mol. The largest absolute Gasteiger partial charge is 0.492 e.